The second-order valence-electron chi connectivity index (χ2n) is 6.55. The Labute approximate surface area is 142 Å². The SMILES string of the molecule is CN1C[C@@H](N)C[C@H]1C(=O)N1CCC(Oc2ccc(Cl)cc2)CC1. The van der Waals surface area contributed by atoms with Gasteiger partial charge in [0.2, 0.25) is 5.91 Å². The number of likely N-dealkylation sites (tertiary alicyclic amines) is 2. The van der Waals surface area contributed by atoms with Crippen molar-refractivity contribution in [2.24, 2.45) is 5.73 Å². The third-order valence-corrected chi connectivity index (χ3v) is 4.99. The average molecular weight is 338 g/mol. The quantitative estimate of drug-likeness (QED) is 0.912. The number of likely N-dealkylation sites (N-methyl/N-ethyl adjacent to an activating group) is 1. The molecule has 0 bridgehead atoms. The van der Waals surface area contributed by atoms with E-state index in [9.17, 15) is 4.79 Å². The van der Waals surface area contributed by atoms with E-state index in [1.54, 1.807) is 0 Å². The first-order valence-corrected chi connectivity index (χ1v) is 8.57. The zero-order valence-corrected chi connectivity index (χ0v) is 14.2. The van der Waals surface area contributed by atoms with Gasteiger partial charge >= 0.3 is 0 Å². The monoisotopic (exact) mass is 337 g/mol. The summed E-state index contributed by atoms with van der Waals surface area (Å²) in [6, 6.07) is 7.48. The number of ether oxygens (including phenoxy) is 1. The first-order valence-electron chi connectivity index (χ1n) is 8.20. The van der Waals surface area contributed by atoms with Crippen LogP contribution in [-0.4, -0.2) is 60.6 Å². The molecule has 2 atom stereocenters. The standard InChI is InChI=1S/C17H24ClN3O2/c1-20-11-13(19)10-16(20)17(22)21-8-6-15(7-9-21)23-14-4-2-12(18)3-5-14/h2-5,13,15-16H,6-11,19H2,1H3/t13-,16-/m0/s1. The molecule has 0 spiro atoms. The first-order chi connectivity index (χ1) is 11.0. The molecule has 0 aliphatic carbocycles. The van der Waals surface area contributed by atoms with E-state index in [1.165, 1.54) is 0 Å². The van der Waals surface area contributed by atoms with Crippen LogP contribution in [0, 0.1) is 0 Å². The Morgan fingerprint density at radius 3 is 2.48 bits per heavy atom. The van der Waals surface area contributed by atoms with Gasteiger partial charge < -0.3 is 15.4 Å². The number of carbonyl (C=O) groups is 1. The summed E-state index contributed by atoms with van der Waals surface area (Å²) in [6.07, 6.45) is 2.63. The highest BCUT2D eigenvalue weighted by molar-refractivity contribution is 6.30. The minimum Gasteiger partial charge on any atom is -0.490 e. The Bertz CT molecular complexity index is 543. The summed E-state index contributed by atoms with van der Waals surface area (Å²) in [5, 5.41) is 0.705. The van der Waals surface area contributed by atoms with Crippen molar-refractivity contribution in [3.8, 4) is 5.75 Å². The van der Waals surface area contributed by atoms with Crippen LogP contribution in [0.25, 0.3) is 0 Å². The third-order valence-electron chi connectivity index (χ3n) is 4.74. The van der Waals surface area contributed by atoms with Crippen LogP contribution in [-0.2, 0) is 4.79 Å². The van der Waals surface area contributed by atoms with Crippen LogP contribution >= 0.6 is 11.6 Å². The molecule has 0 radical (unpaired) electrons. The van der Waals surface area contributed by atoms with E-state index < -0.39 is 0 Å². The van der Waals surface area contributed by atoms with E-state index in [0.29, 0.717) is 5.02 Å². The Hall–Kier alpha value is -1.30. The highest BCUT2D eigenvalue weighted by Crippen LogP contribution is 2.23. The fourth-order valence-electron chi connectivity index (χ4n) is 3.44. The summed E-state index contributed by atoms with van der Waals surface area (Å²) in [7, 11) is 1.98. The number of hydrogen-bond acceptors (Lipinski definition) is 4. The normalized spacial score (nSPS) is 26.5. The molecule has 6 heteroatoms. The van der Waals surface area contributed by atoms with E-state index >= 15 is 0 Å². The Morgan fingerprint density at radius 2 is 1.91 bits per heavy atom. The molecule has 2 fully saturated rings. The van der Waals surface area contributed by atoms with Crippen molar-refractivity contribution in [1.82, 2.24) is 9.80 Å². The zero-order valence-electron chi connectivity index (χ0n) is 13.5. The number of nitrogens with zero attached hydrogens (tertiary/aromatic N) is 2. The molecule has 1 aromatic carbocycles. The number of halogens is 1. The van der Waals surface area contributed by atoms with Gasteiger partial charge in [-0.25, -0.2) is 0 Å². The average Bonchev–Trinajstić information content (AvgIpc) is 2.88. The molecule has 3 rings (SSSR count). The highest BCUT2D eigenvalue weighted by Gasteiger charge is 2.36. The predicted molar refractivity (Wildman–Crippen MR) is 90.7 cm³/mol. The molecular weight excluding hydrogens is 314 g/mol. The Morgan fingerprint density at radius 1 is 1.26 bits per heavy atom. The second kappa shape index (κ2) is 7.07. The van der Waals surface area contributed by atoms with Crippen molar-refractivity contribution in [2.45, 2.75) is 37.5 Å². The lowest BCUT2D eigenvalue weighted by molar-refractivity contribution is -0.137. The maximum Gasteiger partial charge on any atom is 0.239 e. The molecule has 0 unspecified atom stereocenters. The second-order valence-corrected chi connectivity index (χ2v) is 6.98. The van der Waals surface area contributed by atoms with Gasteiger partial charge in [0.05, 0.1) is 6.04 Å². The van der Waals surface area contributed by atoms with Crippen LogP contribution < -0.4 is 10.5 Å². The van der Waals surface area contributed by atoms with Gasteiger partial charge in [-0.15, -0.1) is 0 Å². The fraction of sp³-hybridized carbons (Fsp3) is 0.588. The molecule has 2 saturated heterocycles. The zero-order chi connectivity index (χ0) is 16.4. The summed E-state index contributed by atoms with van der Waals surface area (Å²) in [6.45, 7) is 2.29. The van der Waals surface area contributed by atoms with Gasteiger partial charge in [-0.3, -0.25) is 9.69 Å². The van der Waals surface area contributed by atoms with Crippen molar-refractivity contribution in [3.05, 3.63) is 29.3 Å². The van der Waals surface area contributed by atoms with Gasteiger partial charge in [0, 0.05) is 43.5 Å². The van der Waals surface area contributed by atoms with Crippen LogP contribution in [0.4, 0.5) is 0 Å². The number of nitrogens with two attached hydrogens (primary N) is 1. The van der Waals surface area contributed by atoms with Gasteiger partial charge in [0.1, 0.15) is 11.9 Å². The highest BCUT2D eigenvalue weighted by atomic mass is 35.5. The molecular formula is C17H24ClN3O2. The van der Waals surface area contributed by atoms with E-state index in [2.05, 4.69) is 4.90 Å². The molecule has 5 nitrogen and oxygen atoms in total. The lowest BCUT2D eigenvalue weighted by atomic mass is 10.1. The van der Waals surface area contributed by atoms with Gasteiger partial charge in [-0.2, -0.15) is 0 Å². The Balaban J connectivity index is 1.50. The summed E-state index contributed by atoms with van der Waals surface area (Å²) < 4.78 is 5.97. The number of rotatable bonds is 3. The first kappa shape index (κ1) is 16.6. The number of carbonyl (C=O) groups excluding carboxylic acids is 1. The van der Waals surface area contributed by atoms with Crippen LogP contribution in [0.1, 0.15) is 19.3 Å². The summed E-state index contributed by atoms with van der Waals surface area (Å²) in [5.41, 5.74) is 5.96. The molecule has 2 heterocycles. The molecule has 2 N–H and O–H groups in total. The van der Waals surface area contributed by atoms with E-state index in [4.69, 9.17) is 22.1 Å². The molecule has 23 heavy (non-hydrogen) atoms. The topological polar surface area (TPSA) is 58.8 Å². The number of amides is 1. The third kappa shape index (κ3) is 3.97. The van der Waals surface area contributed by atoms with Crippen molar-refractivity contribution < 1.29 is 9.53 Å². The minimum absolute atomic E-state index is 0.0567. The van der Waals surface area contributed by atoms with Crippen molar-refractivity contribution in [3.63, 3.8) is 0 Å². The largest absolute Gasteiger partial charge is 0.490 e. The molecule has 2 aliphatic rings. The summed E-state index contributed by atoms with van der Waals surface area (Å²) in [5.74, 6) is 1.05. The van der Waals surface area contributed by atoms with Crippen LogP contribution in [0.15, 0.2) is 24.3 Å². The van der Waals surface area contributed by atoms with E-state index in [0.717, 1.165) is 44.6 Å². The maximum absolute atomic E-state index is 12.6. The molecule has 1 aromatic rings. The molecule has 1 amide bonds. The van der Waals surface area contributed by atoms with Crippen molar-refractivity contribution >= 4 is 17.5 Å². The molecule has 0 aromatic heterocycles. The van der Waals surface area contributed by atoms with E-state index in [1.807, 2.05) is 36.2 Å². The van der Waals surface area contributed by atoms with Gasteiger partial charge in [-0.05, 0) is 37.7 Å². The van der Waals surface area contributed by atoms with Crippen LogP contribution in [0.3, 0.4) is 0 Å². The molecule has 2 aliphatic heterocycles. The van der Waals surface area contributed by atoms with Crippen molar-refractivity contribution in [1.29, 1.82) is 0 Å². The smallest absolute Gasteiger partial charge is 0.239 e. The number of benzene rings is 1. The van der Waals surface area contributed by atoms with Gasteiger partial charge in [-0.1, -0.05) is 11.6 Å². The number of hydrogen-bond donors (Lipinski definition) is 1. The maximum atomic E-state index is 12.6. The van der Waals surface area contributed by atoms with Gasteiger partial charge in [0.15, 0.2) is 0 Å². The van der Waals surface area contributed by atoms with E-state index in [-0.39, 0.29) is 24.1 Å². The summed E-state index contributed by atoms with van der Waals surface area (Å²) in [4.78, 5) is 16.7. The molecule has 0 saturated carbocycles. The van der Waals surface area contributed by atoms with Crippen LogP contribution in [0.2, 0.25) is 5.02 Å². The number of piperidine rings is 1. The lowest BCUT2D eigenvalue weighted by Gasteiger charge is -2.34. The molecule has 126 valence electrons. The predicted octanol–water partition coefficient (Wildman–Crippen LogP) is 1.74. The van der Waals surface area contributed by atoms with Gasteiger partial charge in [0.25, 0.3) is 0 Å². The summed E-state index contributed by atoms with van der Waals surface area (Å²) >= 11 is 5.88. The van der Waals surface area contributed by atoms with Crippen molar-refractivity contribution in [2.75, 3.05) is 26.7 Å². The Kier molecular flexibility index (Phi) is 5.09. The fourth-order valence-corrected chi connectivity index (χ4v) is 3.56. The minimum atomic E-state index is -0.0567. The van der Waals surface area contributed by atoms with Crippen LogP contribution in [0.5, 0.6) is 5.75 Å². The lowest BCUT2D eigenvalue weighted by Crippen LogP contribution is -2.48.